The summed E-state index contributed by atoms with van der Waals surface area (Å²) in [6, 6.07) is 2.73. The number of aromatic nitrogens is 2. The van der Waals surface area contributed by atoms with Crippen molar-refractivity contribution < 1.29 is 5.11 Å². The van der Waals surface area contributed by atoms with Crippen molar-refractivity contribution in [3.8, 4) is 0 Å². The van der Waals surface area contributed by atoms with E-state index >= 15 is 0 Å². The second-order valence-electron chi connectivity index (χ2n) is 5.72. The predicted octanol–water partition coefficient (Wildman–Crippen LogP) is 2.95. The van der Waals surface area contributed by atoms with Crippen LogP contribution in [0.15, 0.2) is 12.3 Å². The lowest BCUT2D eigenvalue weighted by molar-refractivity contribution is 0.136. The minimum Gasteiger partial charge on any atom is -0.396 e. The first-order valence-electron chi connectivity index (χ1n) is 6.82. The van der Waals surface area contributed by atoms with E-state index in [1.165, 1.54) is 25.7 Å². The largest absolute Gasteiger partial charge is 0.396 e. The molecule has 1 aromatic rings. The van der Waals surface area contributed by atoms with Gasteiger partial charge in [0.2, 0.25) is 0 Å². The normalized spacial score (nSPS) is 20.6. The van der Waals surface area contributed by atoms with E-state index in [1.54, 1.807) is 0 Å². The van der Waals surface area contributed by atoms with Crippen LogP contribution in [0.5, 0.6) is 0 Å². The molecule has 1 aliphatic carbocycles. The molecule has 96 valence electrons. The molecule has 3 heteroatoms. The average molecular weight is 236 g/mol. The molecule has 0 amide bonds. The van der Waals surface area contributed by atoms with Crippen molar-refractivity contribution in [2.24, 2.45) is 5.41 Å². The van der Waals surface area contributed by atoms with E-state index in [2.05, 4.69) is 35.9 Å². The highest BCUT2D eigenvalue weighted by Gasteiger charge is 2.24. The summed E-state index contributed by atoms with van der Waals surface area (Å²) in [6.45, 7) is 4.49. The van der Waals surface area contributed by atoms with Crippen molar-refractivity contribution in [1.29, 1.82) is 0 Å². The van der Waals surface area contributed by atoms with E-state index in [9.17, 15) is 5.11 Å². The van der Waals surface area contributed by atoms with E-state index in [1.807, 2.05) is 0 Å². The van der Waals surface area contributed by atoms with Crippen molar-refractivity contribution in [2.45, 2.75) is 58.4 Å². The molecule has 1 unspecified atom stereocenters. The number of hydrogen-bond donors (Lipinski definition) is 1. The Hall–Kier alpha value is -0.830. The number of hydrogen-bond acceptors (Lipinski definition) is 2. The maximum Gasteiger partial charge on any atom is 0.0631 e. The van der Waals surface area contributed by atoms with E-state index in [0.717, 1.165) is 18.5 Å². The highest BCUT2D eigenvalue weighted by Crippen LogP contribution is 2.30. The fourth-order valence-electron chi connectivity index (χ4n) is 2.57. The van der Waals surface area contributed by atoms with Gasteiger partial charge in [-0.05, 0) is 37.2 Å². The van der Waals surface area contributed by atoms with Gasteiger partial charge in [0.15, 0.2) is 0 Å². The lowest BCUT2D eigenvalue weighted by Gasteiger charge is -2.24. The third-order valence-corrected chi connectivity index (χ3v) is 4.21. The molecule has 1 saturated carbocycles. The van der Waals surface area contributed by atoms with Crippen molar-refractivity contribution in [2.75, 3.05) is 6.61 Å². The Bertz CT molecular complexity index is 349. The molecular formula is C14H24N2O. The first-order valence-corrected chi connectivity index (χ1v) is 6.82. The quantitative estimate of drug-likeness (QED) is 0.853. The molecule has 1 atom stereocenters. The van der Waals surface area contributed by atoms with E-state index in [-0.39, 0.29) is 12.0 Å². The Morgan fingerprint density at radius 3 is 2.76 bits per heavy atom. The molecule has 0 bridgehead atoms. The smallest absolute Gasteiger partial charge is 0.0631 e. The minimum absolute atomic E-state index is 0.0190. The van der Waals surface area contributed by atoms with Gasteiger partial charge >= 0.3 is 0 Å². The standard InChI is InChI=1S/C14H24N2O/c1-3-14(2,11-17)10-12-8-9-16(15-12)13-6-4-5-7-13/h8-9,13,17H,3-7,10-11H2,1-2H3. The van der Waals surface area contributed by atoms with Gasteiger partial charge in [0, 0.05) is 12.8 Å². The van der Waals surface area contributed by atoms with E-state index < -0.39 is 0 Å². The SMILES string of the molecule is CCC(C)(CO)Cc1ccn(C2CCCC2)n1. The van der Waals surface area contributed by atoms with Gasteiger partial charge in [0.05, 0.1) is 11.7 Å². The predicted molar refractivity (Wildman–Crippen MR) is 68.9 cm³/mol. The summed E-state index contributed by atoms with van der Waals surface area (Å²) in [7, 11) is 0. The molecule has 0 saturated heterocycles. The summed E-state index contributed by atoms with van der Waals surface area (Å²) in [5, 5.41) is 14.1. The van der Waals surface area contributed by atoms with Gasteiger partial charge in [-0.2, -0.15) is 5.10 Å². The Labute approximate surface area is 104 Å². The molecule has 0 radical (unpaired) electrons. The highest BCUT2D eigenvalue weighted by atomic mass is 16.3. The Morgan fingerprint density at radius 1 is 1.47 bits per heavy atom. The van der Waals surface area contributed by atoms with Gasteiger partial charge in [-0.3, -0.25) is 4.68 Å². The molecular weight excluding hydrogens is 212 g/mol. The molecule has 1 heterocycles. The topological polar surface area (TPSA) is 38.0 Å². The molecule has 3 nitrogen and oxygen atoms in total. The van der Waals surface area contributed by atoms with Crippen molar-refractivity contribution in [3.63, 3.8) is 0 Å². The lowest BCUT2D eigenvalue weighted by atomic mass is 9.84. The zero-order valence-corrected chi connectivity index (χ0v) is 11.0. The molecule has 2 rings (SSSR count). The second kappa shape index (κ2) is 5.21. The molecule has 0 aliphatic heterocycles. The van der Waals surface area contributed by atoms with Crippen LogP contribution in [0.4, 0.5) is 0 Å². The number of aliphatic hydroxyl groups excluding tert-OH is 1. The molecule has 1 fully saturated rings. The lowest BCUT2D eigenvalue weighted by Crippen LogP contribution is -2.23. The third kappa shape index (κ3) is 2.89. The van der Waals surface area contributed by atoms with Crippen LogP contribution in [0.1, 0.15) is 57.7 Å². The second-order valence-corrected chi connectivity index (χ2v) is 5.72. The molecule has 0 spiro atoms. The summed E-state index contributed by atoms with van der Waals surface area (Å²) in [5.74, 6) is 0. The van der Waals surface area contributed by atoms with E-state index in [0.29, 0.717) is 6.04 Å². The molecule has 0 aromatic carbocycles. The van der Waals surface area contributed by atoms with Crippen molar-refractivity contribution >= 4 is 0 Å². The highest BCUT2D eigenvalue weighted by molar-refractivity contribution is 5.03. The summed E-state index contributed by atoms with van der Waals surface area (Å²) in [5.41, 5.74) is 1.10. The fraction of sp³-hybridized carbons (Fsp3) is 0.786. The molecule has 1 aliphatic rings. The third-order valence-electron chi connectivity index (χ3n) is 4.21. The summed E-state index contributed by atoms with van der Waals surface area (Å²) >= 11 is 0. The minimum atomic E-state index is -0.0190. The van der Waals surface area contributed by atoms with Gasteiger partial charge in [0.25, 0.3) is 0 Å². The van der Waals surface area contributed by atoms with Gasteiger partial charge in [-0.1, -0.05) is 26.7 Å². The number of aliphatic hydroxyl groups is 1. The Morgan fingerprint density at radius 2 is 2.18 bits per heavy atom. The van der Waals surface area contributed by atoms with Crippen molar-refractivity contribution in [1.82, 2.24) is 9.78 Å². The van der Waals surface area contributed by atoms with Crippen LogP contribution in [0.2, 0.25) is 0 Å². The van der Waals surface area contributed by atoms with E-state index in [4.69, 9.17) is 0 Å². The first kappa shape index (κ1) is 12.6. The summed E-state index contributed by atoms with van der Waals surface area (Å²) in [4.78, 5) is 0. The number of rotatable bonds is 5. The monoisotopic (exact) mass is 236 g/mol. The first-order chi connectivity index (χ1) is 8.17. The van der Waals surface area contributed by atoms with Gasteiger partial charge < -0.3 is 5.11 Å². The van der Waals surface area contributed by atoms with Gasteiger partial charge in [-0.15, -0.1) is 0 Å². The van der Waals surface area contributed by atoms with Gasteiger partial charge in [-0.25, -0.2) is 0 Å². The molecule has 1 aromatic heterocycles. The Balaban J connectivity index is 2.02. The van der Waals surface area contributed by atoms with Crippen LogP contribution in [0.3, 0.4) is 0 Å². The van der Waals surface area contributed by atoms with Crippen molar-refractivity contribution in [3.05, 3.63) is 18.0 Å². The maximum absolute atomic E-state index is 9.43. The van der Waals surface area contributed by atoms with Crippen LogP contribution >= 0.6 is 0 Å². The molecule has 1 N–H and O–H groups in total. The Kier molecular flexibility index (Phi) is 3.87. The summed E-state index contributed by atoms with van der Waals surface area (Å²) in [6.07, 6.45) is 9.18. The van der Waals surface area contributed by atoms with Gasteiger partial charge in [0.1, 0.15) is 0 Å². The van der Waals surface area contributed by atoms with Crippen LogP contribution in [-0.4, -0.2) is 21.5 Å². The maximum atomic E-state index is 9.43. The van der Waals surface area contributed by atoms with Crippen LogP contribution < -0.4 is 0 Å². The zero-order valence-electron chi connectivity index (χ0n) is 11.0. The fourth-order valence-corrected chi connectivity index (χ4v) is 2.57. The number of nitrogens with zero attached hydrogens (tertiary/aromatic N) is 2. The van der Waals surface area contributed by atoms with Crippen LogP contribution in [-0.2, 0) is 6.42 Å². The zero-order chi connectivity index (χ0) is 12.3. The van der Waals surface area contributed by atoms with Crippen LogP contribution in [0.25, 0.3) is 0 Å². The average Bonchev–Trinajstić information content (AvgIpc) is 2.98. The summed E-state index contributed by atoms with van der Waals surface area (Å²) < 4.78 is 2.13. The molecule has 17 heavy (non-hydrogen) atoms. The van der Waals surface area contributed by atoms with Crippen LogP contribution in [0, 0.1) is 5.41 Å².